The SMILES string of the molecule is Nc1cc(-c2nc(-c3ncn[nH]3)no2)cc(C(F)(F)F)c1. The van der Waals surface area contributed by atoms with E-state index in [1.54, 1.807) is 0 Å². The van der Waals surface area contributed by atoms with Crippen molar-refractivity contribution in [1.82, 2.24) is 25.3 Å². The van der Waals surface area contributed by atoms with Gasteiger partial charge in [-0.3, -0.25) is 5.10 Å². The minimum atomic E-state index is -4.52. The van der Waals surface area contributed by atoms with E-state index in [0.29, 0.717) is 0 Å². The lowest BCUT2D eigenvalue weighted by Gasteiger charge is -2.08. The van der Waals surface area contributed by atoms with Crippen LogP contribution in [-0.4, -0.2) is 25.3 Å². The number of H-pyrrole nitrogens is 1. The Hall–Kier alpha value is -2.91. The van der Waals surface area contributed by atoms with Gasteiger partial charge < -0.3 is 10.3 Å². The number of benzene rings is 1. The first kappa shape index (κ1) is 13.1. The Bertz CT molecular complexity index is 765. The van der Waals surface area contributed by atoms with E-state index in [4.69, 9.17) is 10.3 Å². The van der Waals surface area contributed by atoms with E-state index in [1.807, 2.05) is 0 Å². The zero-order valence-electron chi connectivity index (χ0n) is 10.2. The van der Waals surface area contributed by atoms with Crippen molar-refractivity contribution in [3.05, 3.63) is 30.1 Å². The molecule has 108 valence electrons. The monoisotopic (exact) mass is 296 g/mol. The number of nitrogens with two attached hydrogens (primary N) is 1. The molecule has 21 heavy (non-hydrogen) atoms. The summed E-state index contributed by atoms with van der Waals surface area (Å²) < 4.78 is 43.2. The molecule has 0 aliphatic carbocycles. The van der Waals surface area contributed by atoms with Crippen molar-refractivity contribution in [3.63, 3.8) is 0 Å². The first-order chi connectivity index (χ1) is 9.93. The summed E-state index contributed by atoms with van der Waals surface area (Å²) >= 11 is 0. The van der Waals surface area contributed by atoms with E-state index in [2.05, 4.69) is 25.3 Å². The second kappa shape index (κ2) is 4.58. The Labute approximate surface area is 115 Å². The van der Waals surface area contributed by atoms with Crippen LogP contribution in [0.3, 0.4) is 0 Å². The maximum Gasteiger partial charge on any atom is 0.416 e. The lowest BCUT2D eigenvalue weighted by atomic mass is 10.1. The Kier molecular flexibility index (Phi) is 2.85. The quantitative estimate of drug-likeness (QED) is 0.701. The molecular weight excluding hydrogens is 289 g/mol. The van der Waals surface area contributed by atoms with Crippen molar-refractivity contribution in [2.24, 2.45) is 0 Å². The van der Waals surface area contributed by atoms with Gasteiger partial charge in [0, 0.05) is 11.3 Å². The van der Waals surface area contributed by atoms with Gasteiger partial charge in [0.25, 0.3) is 5.89 Å². The lowest BCUT2D eigenvalue weighted by Crippen LogP contribution is -2.06. The molecule has 1 aromatic carbocycles. The molecule has 0 atom stereocenters. The van der Waals surface area contributed by atoms with Crippen LogP contribution in [-0.2, 0) is 6.18 Å². The molecule has 7 nitrogen and oxygen atoms in total. The number of halogens is 3. The minimum absolute atomic E-state index is 0.0563. The molecule has 2 aromatic heterocycles. The maximum atomic E-state index is 12.7. The highest BCUT2D eigenvalue weighted by Crippen LogP contribution is 2.34. The fourth-order valence-electron chi connectivity index (χ4n) is 1.69. The summed E-state index contributed by atoms with van der Waals surface area (Å²) in [7, 11) is 0. The zero-order valence-corrected chi connectivity index (χ0v) is 10.2. The number of nitrogens with one attached hydrogen (secondary N) is 1. The summed E-state index contributed by atoms with van der Waals surface area (Å²) in [4.78, 5) is 7.76. The number of anilines is 1. The normalized spacial score (nSPS) is 11.8. The number of nitrogen functional groups attached to an aromatic ring is 1. The van der Waals surface area contributed by atoms with Gasteiger partial charge in [-0.25, -0.2) is 4.98 Å². The molecule has 0 aliphatic rings. The number of rotatable bonds is 2. The van der Waals surface area contributed by atoms with Crippen LogP contribution in [0.15, 0.2) is 29.0 Å². The topological polar surface area (TPSA) is 107 Å². The van der Waals surface area contributed by atoms with Gasteiger partial charge in [0.05, 0.1) is 5.56 Å². The molecule has 0 saturated carbocycles. The predicted octanol–water partition coefficient (Wildman–Crippen LogP) is 2.12. The molecule has 0 bridgehead atoms. The second-order valence-corrected chi connectivity index (χ2v) is 4.10. The highest BCUT2D eigenvalue weighted by Gasteiger charge is 2.31. The molecule has 0 saturated heterocycles. The molecule has 3 rings (SSSR count). The third kappa shape index (κ3) is 2.55. The maximum absolute atomic E-state index is 12.7. The third-order valence-electron chi connectivity index (χ3n) is 2.58. The minimum Gasteiger partial charge on any atom is -0.399 e. The second-order valence-electron chi connectivity index (χ2n) is 4.10. The summed E-state index contributed by atoms with van der Waals surface area (Å²) in [5.74, 6) is 0.225. The third-order valence-corrected chi connectivity index (χ3v) is 2.58. The van der Waals surface area contributed by atoms with E-state index in [9.17, 15) is 13.2 Å². The Morgan fingerprint density at radius 2 is 2.00 bits per heavy atom. The van der Waals surface area contributed by atoms with Crippen LogP contribution < -0.4 is 5.73 Å². The summed E-state index contributed by atoms with van der Waals surface area (Å²) in [6, 6.07) is 3.03. The molecule has 0 unspecified atom stereocenters. The standard InChI is InChI=1S/C11H7F3N6O/c12-11(13,14)6-1-5(2-7(15)3-6)10-18-9(20-21-10)8-16-4-17-19-8/h1-4H,15H2,(H,16,17,19). The van der Waals surface area contributed by atoms with Crippen LogP contribution in [0.5, 0.6) is 0 Å². The molecule has 3 aromatic rings. The van der Waals surface area contributed by atoms with Crippen molar-refractivity contribution in [2.45, 2.75) is 6.18 Å². The molecule has 10 heteroatoms. The largest absolute Gasteiger partial charge is 0.416 e. The number of aromatic nitrogens is 5. The predicted molar refractivity (Wildman–Crippen MR) is 64.5 cm³/mol. The van der Waals surface area contributed by atoms with E-state index in [-0.39, 0.29) is 28.8 Å². The van der Waals surface area contributed by atoms with Gasteiger partial charge in [-0.1, -0.05) is 5.16 Å². The fraction of sp³-hybridized carbons (Fsp3) is 0.0909. The van der Waals surface area contributed by atoms with Gasteiger partial charge in [0.1, 0.15) is 6.33 Å². The van der Waals surface area contributed by atoms with Gasteiger partial charge in [0.15, 0.2) is 5.82 Å². The van der Waals surface area contributed by atoms with Crippen LogP contribution in [0.25, 0.3) is 23.1 Å². The molecular formula is C11H7F3N6O. The Balaban J connectivity index is 2.03. The van der Waals surface area contributed by atoms with Crippen molar-refractivity contribution < 1.29 is 17.7 Å². The van der Waals surface area contributed by atoms with Gasteiger partial charge in [0.2, 0.25) is 5.82 Å². The summed E-state index contributed by atoms with van der Waals surface area (Å²) in [5.41, 5.74) is 4.60. The van der Waals surface area contributed by atoms with E-state index >= 15 is 0 Å². The van der Waals surface area contributed by atoms with Crippen molar-refractivity contribution in [2.75, 3.05) is 5.73 Å². The van der Waals surface area contributed by atoms with Crippen LogP contribution >= 0.6 is 0 Å². The highest BCUT2D eigenvalue weighted by molar-refractivity contribution is 5.63. The number of aromatic amines is 1. The molecule has 0 radical (unpaired) electrons. The molecule has 3 N–H and O–H groups in total. The van der Waals surface area contributed by atoms with E-state index in [1.165, 1.54) is 12.4 Å². The lowest BCUT2D eigenvalue weighted by molar-refractivity contribution is -0.137. The van der Waals surface area contributed by atoms with E-state index in [0.717, 1.165) is 12.1 Å². The number of nitrogens with zero attached hydrogens (tertiary/aromatic N) is 4. The molecule has 0 fully saturated rings. The summed E-state index contributed by atoms with van der Waals surface area (Å²) in [5, 5.41) is 9.74. The number of alkyl halides is 3. The number of hydrogen-bond acceptors (Lipinski definition) is 6. The van der Waals surface area contributed by atoms with Crippen LogP contribution in [0.2, 0.25) is 0 Å². The van der Waals surface area contributed by atoms with Gasteiger partial charge in [-0.2, -0.15) is 23.3 Å². The molecule has 0 amide bonds. The van der Waals surface area contributed by atoms with Gasteiger partial charge >= 0.3 is 6.18 Å². The van der Waals surface area contributed by atoms with Crippen LogP contribution in [0.4, 0.5) is 18.9 Å². The molecule has 2 heterocycles. The molecule has 0 spiro atoms. The number of hydrogen-bond donors (Lipinski definition) is 2. The summed E-state index contributed by atoms with van der Waals surface area (Å²) in [6.07, 6.45) is -3.27. The summed E-state index contributed by atoms with van der Waals surface area (Å²) in [6.45, 7) is 0. The zero-order chi connectivity index (χ0) is 15.0. The van der Waals surface area contributed by atoms with Crippen LogP contribution in [0.1, 0.15) is 5.56 Å². The Morgan fingerprint density at radius 3 is 2.67 bits per heavy atom. The van der Waals surface area contributed by atoms with Crippen molar-refractivity contribution in [3.8, 4) is 23.1 Å². The highest BCUT2D eigenvalue weighted by atomic mass is 19.4. The van der Waals surface area contributed by atoms with Crippen LogP contribution in [0, 0.1) is 0 Å². The van der Waals surface area contributed by atoms with Crippen molar-refractivity contribution in [1.29, 1.82) is 0 Å². The fourth-order valence-corrected chi connectivity index (χ4v) is 1.69. The van der Waals surface area contributed by atoms with Gasteiger partial charge in [-0.15, -0.1) is 0 Å². The average molecular weight is 296 g/mol. The Morgan fingerprint density at radius 1 is 1.19 bits per heavy atom. The molecule has 0 aliphatic heterocycles. The first-order valence-electron chi connectivity index (χ1n) is 5.61. The van der Waals surface area contributed by atoms with E-state index < -0.39 is 11.7 Å². The average Bonchev–Trinajstić information content (AvgIpc) is 3.08. The van der Waals surface area contributed by atoms with Crippen molar-refractivity contribution >= 4 is 5.69 Å². The smallest absolute Gasteiger partial charge is 0.399 e. The first-order valence-corrected chi connectivity index (χ1v) is 5.61. The van der Waals surface area contributed by atoms with Gasteiger partial charge in [-0.05, 0) is 18.2 Å².